The minimum Gasteiger partial charge on any atom is -0.490 e. The van der Waals surface area contributed by atoms with Gasteiger partial charge in [-0.2, -0.15) is 0 Å². The van der Waals surface area contributed by atoms with Gasteiger partial charge in [-0.3, -0.25) is 0 Å². The molecule has 0 N–H and O–H groups in total. The molecule has 0 spiro atoms. The van der Waals surface area contributed by atoms with Crippen molar-refractivity contribution in [2.75, 3.05) is 26.4 Å². The summed E-state index contributed by atoms with van der Waals surface area (Å²) in [4.78, 5) is 17.9. The van der Waals surface area contributed by atoms with Crippen molar-refractivity contribution < 1.29 is 23.8 Å². The molecule has 0 unspecified atom stereocenters. The van der Waals surface area contributed by atoms with Crippen LogP contribution >= 0.6 is 11.3 Å². The lowest BCUT2D eigenvalue weighted by Gasteiger charge is -2.10. The fourth-order valence-corrected chi connectivity index (χ4v) is 3.48. The fourth-order valence-electron chi connectivity index (χ4n) is 2.68. The Hall–Kier alpha value is -3.32. The van der Waals surface area contributed by atoms with Crippen LogP contribution in [0.4, 0.5) is 0 Å². The summed E-state index contributed by atoms with van der Waals surface area (Å²) in [6.07, 6.45) is 1.54. The standard InChI is InChI=1S/C23H23NO5S/c1-3-12-29-24-21(23(25)26-4-2)22-20(11-15-30-22)28-14-13-27-19-10-9-17-7-5-6-8-18(17)16-19/h3,5-11,15-16H,1,4,12-14H2,2H3. The number of oxime groups is 1. The highest BCUT2D eigenvalue weighted by Gasteiger charge is 2.22. The maximum Gasteiger partial charge on any atom is 0.362 e. The van der Waals surface area contributed by atoms with Crippen LogP contribution in [0.2, 0.25) is 0 Å². The first-order valence-electron chi connectivity index (χ1n) is 9.53. The highest BCUT2D eigenvalue weighted by molar-refractivity contribution is 7.13. The van der Waals surface area contributed by atoms with E-state index in [0.29, 0.717) is 23.8 Å². The van der Waals surface area contributed by atoms with Crippen LogP contribution in [0.5, 0.6) is 11.5 Å². The number of carbonyl (C=O) groups excluding carboxylic acids is 1. The zero-order chi connectivity index (χ0) is 21.2. The summed E-state index contributed by atoms with van der Waals surface area (Å²) in [5, 5.41) is 8.00. The number of hydrogen-bond acceptors (Lipinski definition) is 7. The summed E-state index contributed by atoms with van der Waals surface area (Å²) in [7, 11) is 0. The van der Waals surface area contributed by atoms with E-state index in [1.807, 2.05) is 41.8 Å². The SMILES string of the molecule is C=CCON=C(C(=O)OCC)c1sccc1OCCOc1ccc2ccccc2c1. The second kappa shape index (κ2) is 11.0. The summed E-state index contributed by atoms with van der Waals surface area (Å²) < 4.78 is 16.7. The van der Waals surface area contributed by atoms with E-state index in [1.165, 1.54) is 11.3 Å². The molecule has 2 aromatic carbocycles. The van der Waals surface area contributed by atoms with Gasteiger partial charge < -0.3 is 19.0 Å². The maximum absolute atomic E-state index is 12.3. The summed E-state index contributed by atoms with van der Waals surface area (Å²) in [6.45, 7) is 6.38. The van der Waals surface area contributed by atoms with Gasteiger partial charge in [0.2, 0.25) is 5.71 Å². The van der Waals surface area contributed by atoms with Gasteiger partial charge in [-0.25, -0.2) is 4.79 Å². The molecule has 0 saturated carbocycles. The average Bonchev–Trinajstić information content (AvgIpc) is 3.22. The Balaban J connectivity index is 1.61. The first kappa shape index (κ1) is 21.4. The lowest BCUT2D eigenvalue weighted by Crippen LogP contribution is -2.19. The van der Waals surface area contributed by atoms with Crippen LogP contribution in [0.25, 0.3) is 10.8 Å². The summed E-state index contributed by atoms with van der Waals surface area (Å²) in [6, 6.07) is 15.8. The Morgan fingerprint density at radius 1 is 1.10 bits per heavy atom. The molecule has 0 radical (unpaired) electrons. The lowest BCUT2D eigenvalue weighted by atomic mass is 10.1. The molecule has 0 atom stereocenters. The molecule has 1 aromatic heterocycles. The molecule has 3 aromatic rings. The quantitative estimate of drug-likeness (QED) is 0.145. The smallest absolute Gasteiger partial charge is 0.362 e. The van der Waals surface area contributed by atoms with Crippen LogP contribution in [-0.2, 0) is 14.4 Å². The van der Waals surface area contributed by atoms with Crippen molar-refractivity contribution in [3.05, 3.63) is 71.4 Å². The lowest BCUT2D eigenvalue weighted by molar-refractivity contribution is -0.135. The van der Waals surface area contributed by atoms with Crippen LogP contribution < -0.4 is 9.47 Å². The van der Waals surface area contributed by atoms with E-state index in [0.717, 1.165) is 16.5 Å². The molecule has 0 amide bonds. The number of rotatable bonds is 11. The van der Waals surface area contributed by atoms with E-state index < -0.39 is 5.97 Å². The van der Waals surface area contributed by atoms with Gasteiger partial charge in [0.1, 0.15) is 36.2 Å². The fraction of sp³-hybridized carbons (Fsp3) is 0.217. The molecule has 0 aliphatic carbocycles. The molecule has 0 aliphatic rings. The van der Waals surface area contributed by atoms with E-state index in [2.05, 4.69) is 17.8 Å². The molecule has 1 heterocycles. The van der Waals surface area contributed by atoms with Crippen LogP contribution in [-0.4, -0.2) is 38.1 Å². The first-order chi connectivity index (χ1) is 14.7. The van der Waals surface area contributed by atoms with Gasteiger partial charge >= 0.3 is 5.97 Å². The van der Waals surface area contributed by atoms with E-state index >= 15 is 0 Å². The highest BCUT2D eigenvalue weighted by atomic mass is 32.1. The third-order valence-electron chi connectivity index (χ3n) is 3.99. The molecule has 0 bridgehead atoms. The van der Waals surface area contributed by atoms with Gasteiger partial charge in [0, 0.05) is 0 Å². The number of hydrogen-bond donors (Lipinski definition) is 0. The van der Waals surface area contributed by atoms with Crippen molar-refractivity contribution in [1.82, 2.24) is 0 Å². The number of benzene rings is 2. The van der Waals surface area contributed by atoms with Crippen molar-refractivity contribution in [3.8, 4) is 11.5 Å². The van der Waals surface area contributed by atoms with Crippen molar-refractivity contribution in [3.63, 3.8) is 0 Å². The van der Waals surface area contributed by atoms with Crippen molar-refractivity contribution in [2.45, 2.75) is 6.92 Å². The Kier molecular flexibility index (Phi) is 7.86. The van der Waals surface area contributed by atoms with E-state index in [4.69, 9.17) is 19.0 Å². The topological polar surface area (TPSA) is 66.4 Å². The zero-order valence-electron chi connectivity index (χ0n) is 16.7. The van der Waals surface area contributed by atoms with E-state index in [-0.39, 0.29) is 18.9 Å². The molecule has 6 nitrogen and oxygen atoms in total. The molecule has 30 heavy (non-hydrogen) atoms. The minimum atomic E-state index is -0.568. The normalized spacial score (nSPS) is 11.2. The number of esters is 1. The van der Waals surface area contributed by atoms with E-state index in [1.54, 1.807) is 19.1 Å². The molecule has 7 heteroatoms. The predicted octanol–water partition coefficient (Wildman–Crippen LogP) is 4.83. The Morgan fingerprint density at radius 3 is 2.70 bits per heavy atom. The van der Waals surface area contributed by atoms with E-state index in [9.17, 15) is 4.79 Å². The minimum absolute atomic E-state index is 0.0687. The van der Waals surface area contributed by atoms with Gasteiger partial charge in [0.05, 0.1) is 6.61 Å². The largest absolute Gasteiger partial charge is 0.490 e. The van der Waals surface area contributed by atoms with Gasteiger partial charge in [0.15, 0.2) is 0 Å². The predicted molar refractivity (Wildman–Crippen MR) is 119 cm³/mol. The Morgan fingerprint density at radius 2 is 1.90 bits per heavy atom. The number of ether oxygens (including phenoxy) is 3. The molecule has 0 aliphatic heterocycles. The number of thiophene rings is 1. The third-order valence-corrected chi connectivity index (χ3v) is 4.89. The third kappa shape index (κ3) is 5.61. The molecular formula is C23H23NO5S. The Bertz CT molecular complexity index is 1030. The molecular weight excluding hydrogens is 402 g/mol. The van der Waals surface area contributed by atoms with Crippen molar-refractivity contribution in [1.29, 1.82) is 0 Å². The van der Waals surface area contributed by atoms with Gasteiger partial charge in [-0.1, -0.05) is 48.1 Å². The van der Waals surface area contributed by atoms with Crippen LogP contribution in [0.3, 0.4) is 0 Å². The van der Waals surface area contributed by atoms with Gasteiger partial charge in [0.25, 0.3) is 0 Å². The monoisotopic (exact) mass is 425 g/mol. The second-order valence-electron chi connectivity index (χ2n) is 6.06. The summed E-state index contributed by atoms with van der Waals surface area (Å²) in [5.41, 5.74) is 0.0687. The molecule has 156 valence electrons. The van der Waals surface area contributed by atoms with Crippen molar-refractivity contribution >= 4 is 33.8 Å². The van der Waals surface area contributed by atoms with Crippen molar-refractivity contribution in [2.24, 2.45) is 5.16 Å². The Labute approximate surface area is 179 Å². The summed E-state index contributed by atoms with van der Waals surface area (Å²) in [5.74, 6) is 0.729. The number of carbonyl (C=O) groups is 1. The maximum atomic E-state index is 12.3. The highest BCUT2D eigenvalue weighted by Crippen LogP contribution is 2.27. The van der Waals surface area contributed by atoms with Gasteiger partial charge in [-0.15, -0.1) is 11.3 Å². The van der Waals surface area contributed by atoms with Crippen LogP contribution in [0, 0.1) is 0 Å². The van der Waals surface area contributed by atoms with Crippen LogP contribution in [0.1, 0.15) is 11.8 Å². The molecule has 0 saturated heterocycles. The number of nitrogens with zero attached hydrogens (tertiary/aromatic N) is 1. The molecule has 3 rings (SSSR count). The number of fused-ring (bicyclic) bond motifs is 1. The van der Waals surface area contributed by atoms with Crippen LogP contribution in [0.15, 0.2) is 71.7 Å². The zero-order valence-corrected chi connectivity index (χ0v) is 17.5. The molecule has 0 fully saturated rings. The van der Waals surface area contributed by atoms with Gasteiger partial charge in [-0.05, 0) is 41.3 Å². The first-order valence-corrected chi connectivity index (χ1v) is 10.4. The average molecular weight is 426 g/mol. The summed E-state index contributed by atoms with van der Waals surface area (Å²) >= 11 is 1.32. The second-order valence-corrected chi connectivity index (χ2v) is 6.98.